The number of Topliss-reactive ketones (excluding diaryl/α,β-unsaturated/α-hetero) is 1. The van der Waals surface area contributed by atoms with Gasteiger partial charge in [0.2, 0.25) is 0 Å². The van der Waals surface area contributed by atoms with E-state index in [0.717, 1.165) is 43.4 Å². The summed E-state index contributed by atoms with van der Waals surface area (Å²) in [7, 11) is 0. The number of hydrogen-bond donors (Lipinski definition) is 1. The van der Waals surface area contributed by atoms with Gasteiger partial charge in [0.15, 0.2) is 0 Å². The van der Waals surface area contributed by atoms with E-state index in [2.05, 4.69) is 0 Å². The number of benzene rings is 1. The number of aliphatic hydroxyl groups excluding tert-OH is 1. The van der Waals surface area contributed by atoms with E-state index < -0.39 is 17.7 Å². The number of hydrogen-bond acceptors (Lipinski definition) is 5. The number of nitrogens with zero attached hydrogens (tertiary/aromatic N) is 1. The van der Waals surface area contributed by atoms with Crippen molar-refractivity contribution in [1.82, 2.24) is 4.90 Å². The van der Waals surface area contributed by atoms with Crippen molar-refractivity contribution in [3.63, 3.8) is 0 Å². The lowest BCUT2D eigenvalue weighted by Gasteiger charge is -2.34. The van der Waals surface area contributed by atoms with Gasteiger partial charge in [-0.05, 0) is 61.6 Å². The molecule has 1 aromatic heterocycles. The Kier molecular flexibility index (Phi) is 6.40. The van der Waals surface area contributed by atoms with E-state index in [0.29, 0.717) is 17.9 Å². The first-order valence-electron chi connectivity index (χ1n) is 11.5. The zero-order valence-corrected chi connectivity index (χ0v) is 19.0. The van der Waals surface area contributed by atoms with E-state index in [9.17, 15) is 14.7 Å². The molecule has 6 nitrogen and oxygen atoms in total. The molecule has 32 heavy (non-hydrogen) atoms. The smallest absolute Gasteiger partial charge is 0.296 e. The van der Waals surface area contributed by atoms with Crippen molar-refractivity contribution >= 4 is 17.4 Å². The molecule has 0 bridgehead atoms. The van der Waals surface area contributed by atoms with Crippen LogP contribution in [0, 0.1) is 0 Å². The third kappa shape index (κ3) is 3.94. The predicted octanol–water partition coefficient (Wildman–Crippen LogP) is 5.56. The summed E-state index contributed by atoms with van der Waals surface area (Å²) in [5.74, 6) is 0.0165. The second kappa shape index (κ2) is 9.23. The molecular formula is C26H31NO5. The monoisotopic (exact) mass is 437 g/mol. The molecule has 2 heterocycles. The summed E-state index contributed by atoms with van der Waals surface area (Å²) >= 11 is 0. The molecule has 1 unspecified atom stereocenters. The topological polar surface area (TPSA) is 80.0 Å². The van der Waals surface area contributed by atoms with Crippen LogP contribution < -0.4 is 4.74 Å². The van der Waals surface area contributed by atoms with Crippen molar-refractivity contribution in [2.24, 2.45) is 0 Å². The molecule has 0 radical (unpaired) electrons. The highest BCUT2D eigenvalue weighted by Crippen LogP contribution is 2.43. The standard InChI is InChI=1S/C26H31NO5/c1-4-31-20-13-12-17(15-19(20)16(2)3)24(28)22-23(21-11-8-14-32-21)27(26(30)25(22)29)18-9-6-5-7-10-18/h8,11-16,18,23,28H,4-7,9-10H2,1-3H3/b24-22-. The first-order chi connectivity index (χ1) is 15.4. The molecule has 6 heteroatoms. The minimum Gasteiger partial charge on any atom is -0.507 e. The highest BCUT2D eigenvalue weighted by Gasteiger charge is 2.50. The van der Waals surface area contributed by atoms with Crippen molar-refractivity contribution in [3.8, 4) is 5.75 Å². The number of furan rings is 1. The van der Waals surface area contributed by atoms with Gasteiger partial charge in [0, 0.05) is 11.6 Å². The molecule has 0 spiro atoms. The van der Waals surface area contributed by atoms with Gasteiger partial charge in [-0.15, -0.1) is 0 Å². The lowest BCUT2D eigenvalue weighted by Crippen LogP contribution is -2.40. The van der Waals surface area contributed by atoms with E-state index in [1.807, 2.05) is 32.9 Å². The fraction of sp³-hybridized carbons (Fsp3) is 0.462. The average Bonchev–Trinajstić information content (AvgIpc) is 3.41. The van der Waals surface area contributed by atoms with Crippen molar-refractivity contribution in [2.75, 3.05) is 6.61 Å². The molecule has 1 aliphatic heterocycles. The molecule has 2 fully saturated rings. The predicted molar refractivity (Wildman–Crippen MR) is 121 cm³/mol. The average molecular weight is 438 g/mol. The summed E-state index contributed by atoms with van der Waals surface area (Å²) in [5, 5.41) is 11.3. The summed E-state index contributed by atoms with van der Waals surface area (Å²) in [6.07, 6.45) is 6.42. The Labute approximate surface area is 188 Å². The fourth-order valence-corrected chi connectivity index (χ4v) is 4.90. The Balaban J connectivity index is 1.83. The Hall–Kier alpha value is -3.02. The summed E-state index contributed by atoms with van der Waals surface area (Å²) in [6.45, 7) is 6.56. The highest BCUT2D eigenvalue weighted by atomic mass is 16.5. The zero-order chi connectivity index (χ0) is 22.8. The minimum atomic E-state index is -0.720. The van der Waals surface area contributed by atoms with Crippen LogP contribution in [0.2, 0.25) is 0 Å². The van der Waals surface area contributed by atoms with Crippen LogP contribution in [0.25, 0.3) is 5.76 Å². The van der Waals surface area contributed by atoms with E-state index in [1.54, 1.807) is 23.1 Å². The maximum Gasteiger partial charge on any atom is 0.296 e. The van der Waals surface area contributed by atoms with Crippen LogP contribution in [0.1, 0.15) is 81.7 Å². The Morgan fingerprint density at radius 1 is 1.19 bits per heavy atom. The third-order valence-electron chi connectivity index (χ3n) is 6.47. The van der Waals surface area contributed by atoms with Gasteiger partial charge in [-0.1, -0.05) is 33.1 Å². The first-order valence-corrected chi connectivity index (χ1v) is 11.5. The van der Waals surface area contributed by atoms with E-state index in [4.69, 9.17) is 9.15 Å². The van der Waals surface area contributed by atoms with Crippen LogP contribution in [-0.2, 0) is 9.59 Å². The molecule has 1 amide bonds. The van der Waals surface area contributed by atoms with Gasteiger partial charge in [-0.3, -0.25) is 9.59 Å². The van der Waals surface area contributed by atoms with Crippen LogP contribution in [0.3, 0.4) is 0 Å². The maximum absolute atomic E-state index is 13.2. The van der Waals surface area contributed by atoms with Crippen molar-refractivity contribution < 1.29 is 23.8 Å². The molecule has 170 valence electrons. The Morgan fingerprint density at radius 2 is 1.94 bits per heavy atom. The van der Waals surface area contributed by atoms with Crippen LogP contribution in [0.4, 0.5) is 0 Å². The van der Waals surface area contributed by atoms with Gasteiger partial charge in [0.1, 0.15) is 23.3 Å². The molecule has 1 saturated heterocycles. The number of carbonyl (C=O) groups excluding carboxylic acids is 2. The molecule has 2 aromatic rings. The van der Waals surface area contributed by atoms with Crippen LogP contribution >= 0.6 is 0 Å². The third-order valence-corrected chi connectivity index (χ3v) is 6.47. The highest BCUT2D eigenvalue weighted by molar-refractivity contribution is 6.46. The van der Waals surface area contributed by atoms with Crippen molar-refractivity contribution in [1.29, 1.82) is 0 Å². The van der Waals surface area contributed by atoms with Gasteiger partial charge in [-0.25, -0.2) is 0 Å². The molecule has 1 saturated carbocycles. The molecule has 2 aliphatic rings. The maximum atomic E-state index is 13.2. The summed E-state index contributed by atoms with van der Waals surface area (Å²) in [4.78, 5) is 28.0. The molecule has 1 N–H and O–H groups in total. The second-order valence-corrected chi connectivity index (χ2v) is 8.85. The number of amides is 1. The quantitative estimate of drug-likeness (QED) is 0.364. The normalized spacial score (nSPS) is 21.5. The molecule has 1 aromatic carbocycles. The largest absolute Gasteiger partial charge is 0.507 e. The number of carbonyl (C=O) groups is 2. The van der Waals surface area contributed by atoms with Crippen molar-refractivity contribution in [2.45, 2.75) is 70.9 Å². The zero-order valence-electron chi connectivity index (χ0n) is 19.0. The van der Waals surface area contributed by atoms with E-state index >= 15 is 0 Å². The number of rotatable bonds is 6. The lowest BCUT2D eigenvalue weighted by atomic mass is 9.92. The number of likely N-dealkylation sites (tertiary alicyclic amines) is 1. The number of aliphatic hydroxyl groups is 1. The van der Waals surface area contributed by atoms with E-state index in [-0.39, 0.29) is 23.3 Å². The van der Waals surface area contributed by atoms with E-state index in [1.165, 1.54) is 6.26 Å². The lowest BCUT2D eigenvalue weighted by molar-refractivity contribution is -0.142. The van der Waals surface area contributed by atoms with Crippen LogP contribution in [0.5, 0.6) is 5.75 Å². The van der Waals surface area contributed by atoms with Gasteiger partial charge in [0.25, 0.3) is 11.7 Å². The second-order valence-electron chi connectivity index (χ2n) is 8.85. The summed E-state index contributed by atoms with van der Waals surface area (Å²) < 4.78 is 11.4. The molecule has 1 aliphatic carbocycles. The molecule has 4 rings (SSSR count). The van der Waals surface area contributed by atoms with Gasteiger partial charge < -0.3 is 19.2 Å². The fourth-order valence-electron chi connectivity index (χ4n) is 4.90. The van der Waals surface area contributed by atoms with Gasteiger partial charge in [-0.2, -0.15) is 0 Å². The van der Waals surface area contributed by atoms with Crippen LogP contribution in [0.15, 0.2) is 46.6 Å². The summed E-state index contributed by atoms with van der Waals surface area (Å²) in [6, 6.07) is 8.14. The minimum absolute atomic E-state index is 0.0350. The Morgan fingerprint density at radius 3 is 2.56 bits per heavy atom. The van der Waals surface area contributed by atoms with Gasteiger partial charge in [0.05, 0.1) is 18.4 Å². The van der Waals surface area contributed by atoms with Crippen LogP contribution in [-0.4, -0.2) is 34.3 Å². The summed E-state index contributed by atoms with van der Waals surface area (Å²) in [5.41, 5.74) is 1.52. The SMILES string of the molecule is CCOc1ccc(/C(O)=C2/C(=O)C(=O)N(C3CCCCC3)C2c2ccco2)cc1C(C)C. The number of ketones is 1. The Bertz CT molecular complexity index is 1010. The molecule has 1 atom stereocenters. The first kappa shape index (κ1) is 22.2. The van der Waals surface area contributed by atoms with Crippen molar-refractivity contribution in [3.05, 3.63) is 59.1 Å². The number of ether oxygens (including phenoxy) is 1. The molecular weight excluding hydrogens is 406 g/mol. The van der Waals surface area contributed by atoms with Gasteiger partial charge >= 0.3 is 0 Å².